The first-order valence-corrected chi connectivity index (χ1v) is 6.06. The van der Waals surface area contributed by atoms with Crippen molar-refractivity contribution in [2.75, 3.05) is 37.7 Å². The first-order valence-electron chi connectivity index (χ1n) is 4.91. The van der Waals surface area contributed by atoms with Gasteiger partial charge in [0.15, 0.2) is 0 Å². The van der Waals surface area contributed by atoms with Gasteiger partial charge in [-0.05, 0) is 18.7 Å². The molecule has 1 aliphatic rings. The lowest BCUT2D eigenvalue weighted by Gasteiger charge is -2.19. The first-order chi connectivity index (χ1) is 6.34. The SMILES string of the molecule is CCSCC(=O)N1CCCNCC1. The molecule has 0 spiro atoms. The van der Waals surface area contributed by atoms with Crippen molar-refractivity contribution < 1.29 is 4.79 Å². The summed E-state index contributed by atoms with van der Waals surface area (Å²) in [6.45, 7) is 5.88. The van der Waals surface area contributed by atoms with Crippen molar-refractivity contribution in [3.8, 4) is 0 Å². The van der Waals surface area contributed by atoms with Crippen LogP contribution in [-0.4, -0.2) is 48.5 Å². The Morgan fingerprint density at radius 3 is 3.08 bits per heavy atom. The highest BCUT2D eigenvalue weighted by atomic mass is 32.2. The highest BCUT2D eigenvalue weighted by Crippen LogP contribution is 2.03. The number of hydrogen-bond donors (Lipinski definition) is 1. The monoisotopic (exact) mass is 202 g/mol. The van der Waals surface area contributed by atoms with Gasteiger partial charge >= 0.3 is 0 Å². The van der Waals surface area contributed by atoms with Crippen LogP contribution in [-0.2, 0) is 4.79 Å². The van der Waals surface area contributed by atoms with Crippen molar-refractivity contribution in [3.05, 3.63) is 0 Å². The van der Waals surface area contributed by atoms with E-state index >= 15 is 0 Å². The van der Waals surface area contributed by atoms with Crippen LogP contribution >= 0.6 is 11.8 Å². The second-order valence-electron chi connectivity index (χ2n) is 3.12. The maximum absolute atomic E-state index is 11.6. The molecule has 1 heterocycles. The Morgan fingerprint density at radius 1 is 1.46 bits per heavy atom. The summed E-state index contributed by atoms with van der Waals surface area (Å²) in [6.07, 6.45) is 1.09. The summed E-state index contributed by atoms with van der Waals surface area (Å²) in [6, 6.07) is 0. The smallest absolute Gasteiger partial charge is 0.232 e. The van der Waals surface area contributed by atoms with Crippen molar-refractivity contribution in [2.45, 2.75) is 13.3 Å². The van der Waals surface area contributed by atoms with Crippen LogP contribution in [0.15, 0.2) is 0 Å². The number of hydrogen-bond acceptors (Lipinski definition) is 3. The number of amides is 1. The Bertz CT molecular complexity index is 156. The first kappa shape index (κ1) is 10.9. The van der Waals surface area contributed by atoms with Gasteiger partial charge in [0.1, 0.15) is 0 Å². The fourth-order valence-corrected chi connectivity index (χ4v) is 1.94. The van der Waals surface area contributed by atoms with E-state index in [2.05, 4.69) is 12.2 Å². The molecule has 0 aromatic rings. The second-order valence-corrected chi connectivity index (χ2v) is 4.40. The molecule has 0 aromatic carbocycles. The van der Waals surface area contributed by atoms with Gasteiger partial charge in [-0.15, -0.1) is 0 Å². The molecule has 0 atom stereocenters. The number of carbonyl (C=O) groups is 1. The third kappa shape index (κ3) is 4.00. The predicted octanol–water partition coefficient (Wildman–Crippen LogP) is 0.561. The largest absolute Gasteiger partial charge is 0.341 e. The predicted molar refractivity (Wildman–Crippen MR) is 57.1 cm³/mol. The summed E-state index contributed by atoms with van der Waals surface area (Å²) in [7, 11) is 0. The topological polar surface area (TPSA) is 32.3 Å². The zero-order valence-corrected chi connectivity index (χ0v) is 9.03. The summed E-state index contributed by atoms with van der Waals surface area (Å²) in [4.78, 5) is 13.6. The third-order valence-electron chi connectivity index (χ3n) is 2.12. The lowest BCUT2D eigenvalue weighted by atomic mass is 10.4. The second kappa shape index (κ2) is 6.27. The molecule has 1 N–H and O–H groups in total. The minimum atomic E-state index is 0.301. The van der Waals surface area contributed by atoms with E-state index in [-0.39, 0.29) is 0 Å². The number of nitrogens with zero attached hydrogens (tertiary/aromatic N) is 1. The Kier molecular flexibility index (Phi) is 5.23. The van der Waals surface area contributed by atoms with E-state index in [1.54, 1.807) is 11.8 Å². The summed E-state index contributed by atoms with van der Waals surface area (Å²) >= 11 is 1.71. The molecule has 13 heavy (non-hydrogen) atoms. The van der Waals surface area contributed by atoms with E-state index < -0.39 is 0 Å². The number of nitrogens with one attached hydrogen (secondary N) is 1. The van der Waals surface area contributed by atoms with E-state index in [0.29, 0.717) is 11.7 Å². The van der Waals surface area contributed by atoms with Gasteiger partial charge in [-0.3, -0.25) is 4.79 Å². The van der Waals surface area contributed by atoms with Crippen molar-refractivity contribution in [3.63, 3.8) is 0 Å². The maximum Gasteiger partial charge on any atom is 0.232 e. The molecule has 0 aromatic heterocycles. The summed E-state index contributed by atoms with van der Waals surface area (Å²) in [5.74, 6) is 1.98. The van der Waals surface area contributed by atoms with Crippen LogP contribution in [0, 0.1) is 0 Å². The van der Waals surface area contributed by atoms with Crippen LogP contribution in [0.3, 0.4) is 0 Å². The molecule has 0 saturated carbocycles. The fourth-order valence-electron chi connectivity index (χ4n) is 1.38. The van der Waals surface area contributed by atoms with Gasteiger partial charge in [0.05, 0.1) is 5.75 Å². The van der Waals surface area contributed by atoms with E-state index in [4.69, 9.17) is 0 Å². The van der Waals surface area contributed by atoms with Crippen LogP contribution in [0.25, 0.3) is 0 Å². The average Bonchev–Trinajstić information content (AvgIpc) is 2.42. The molecule has 1 rings (SSSR count). The molecule has 0 aliphatic carbocycles. The molecular weight excluding hydrogens is 184 g/mol. The molecule has 1 aliphatic heterocycles. The zero-order valence-electron chi connectivity index (χ0n) is 8.21. The highest BCUT2D eigenvalue weighted by Gasteiger charge is 2.13. The van der Waals surface area contributed by atoms with Crippen LogP contribution in [0.1, 0.15) is 13.3 Å². The van der Waals surface area contributed by atoms with Crippen molar-refractivity contribution >= 4 is 17.7 Å². The van der Waals surface area contributed by atoms with Crippen LogP contribution in [0.2, 0.25) is 0 Å². The molecule has 1 fully saturated rings. The molecule has 76 valence electrons. The summed E-state index contributed by atoms with van der Waals surface area (Å²) in [5.41, 5.74) is 0. The van der Waals surface area contributed by atoms with Gasteiger partial charge in [-0.1, -0.05) is 6.92 Å². The van der Waals surface area contributed by atoms with Gasteiger partial charge in [-0.2, -0.15) is 11.8 Å². The standard InChI is InChI=1S/C9H18N2OS/c1-2-13-8-9(12)11-6-3-4-10-5-7-11/h10H,2-8H2,1H3. The van der Waals surface area contributed by atoms with E-state index in [0.717, 1.165) is 38.4 Å². The highest BCUT2D eigenvalue weighted by molar-refractivity contribution is 7.99. The molecule has 1 saturated heterocycles. The average molecular weight is 202 g/mol. The van der Waals surface area contributed by atoms with Crippen LogP contribution < -0.4 is 5.32 Å². The lowest BCUT2D eigenvalue weighted by molar-refractivity contribution is -0.128. The van der Waals surface area contributed by atoms with Crippen LogP contribution in [0.5, 0.6) is 0 Å². The number of rotatable bonds is 3. The molecule has 3 nitrogen and oxygen atoms in total. The van der Waals surface area contributed by atoms with Crippen molar-refractivity contribution in [1.82, 2.24) is 10.2 Å². The molecule has 0 bridgehead atoms. The molecule has 1 amide bonds. The minimum absolute atomic E-state index is 0.301. The van der Waals surface area contributed by atoms with Crippen LogP contribution in [0.4, 0.5) is 0 Å². The maximum atomic E-state index is 11.6. The van der Waals surface area contributed by atoms with Gasteiger partial charge in [0, 0.05) is 19.6 Å². The lowest BCUT2D eigenvalue weighted by Crippen LogP contribution is -2.35. The van der Waals surface area contributed by atoms with Gasteiger partial charge in [0.2, 0.25) is 5.91 Å². The number of carbonyl (C=O) groups excluding carboxylic acids is 1. The zero-order chi connectivity index (χ0) is 9.52. The fraction of sp³-hybridized carbons (Fsp3) is 0.889. The van der Waals surface area contributed by atoms with E-state index in [1.165, 1.54) is 0 Å². The van der Waals surface area contributed by atoms with E-state index in [9.17, 15) is 4.79 Å². The third-order valence-corrected chi connectivity index (χ3v) is 2.98. The Morgan fingerprint density at radius 2 is 2.31 bits per heavy atom. The molecule has 0 unspecified atom stereocenters. The van der Waals surface area contributed by atoms with Gasteiger partial charge < -0.3 is 10.2 Å². The summed E-state index contributed by atoms with van der Waals surface area (Å²) < 4.78 is 0. The normalized spacial score (nSPS) is 18.4. The Balaban J connectivity index is 2.26. The minimum Gasteiger partial charge on any atom is -0.341 e. The quantitative estimate of drug-likeness (QED) is 0.726. The Hall–Kier alpha value is -0.220. The van der Waals surface area contributed by atoms with Crippen molar-refractivity contribution in [2.24, 2.45) is 0 Å². The number of thioether (sulfide) groups is 1. The van der Waals surface area contributed by atoms with E-state index in [1.807, 2.05) is 4.90 Å². The Labute approximate surface area is 84.2 Å². The van der Waals surface area contributed by atoms with Gasteiger partial charge in [0.25, 0.3) is 0 Å². The molecule has 0 radical (unpaired) electrons. The van der Waals surface area contributed by atoms with Crippen molar-refractivity contribution in [1.29, 1.82) is 0 Å². The molecular formula is C9H18N2OS. The molecule has 4 heteroatoms. The van der Waals surface area contributed by atoms with Gasteiger partial charge in [-0.25, -0.2) is 0 Å². The summed E-state index contributed by atoms with van der Waals surface area (Å²) in [5, 5.41) is 3.29.